The largest absolute Gasteiger partial charge is 0.478 e. The molecule has 0 saturated carbocycles. The van der Waals surface area contributed by atoms with Crippen molar-refractivity contribution in [2.75, 3.05) is 0 Å². The second-order valence-corrected chi connectivity index (χ2v) is 5.28. The molecule has 0 amide bonds. The van der Waals surface area contributed by atoms with Crippen molar-refractivity contribution in [3.8, 4) is 0 Å². The number of carboxylic acid groups (broad SMARTS) is 1. The molecule has 0 atom stereocenters. The lowest BCUT2D eigenvalue weighted by molar-refractivity contribution is -0.289. The van der Waals surface area contributed by atoms with E-state index in [9.17, 15) is 39.6 Å². The summed E-state index contributed by atoms with van der Waals surface area (Å²) in [4.78, 5) is 9.21. The number of primary sulfonamides is 1. The molecule has 3 N–H and O–H groups in total. The first-order valence-electron chi connectivity index (χ1n) is 4.74. The van der Waals surface area contributed by atoms with E-state index < -0.39 is 56.0 Å². The predicted molar refractivity (Wildman–Crippen MR) is 54.7 cm³/mol. The number of benzene rings is 1. The summed E-state index contributed by atoms with van der Waals surface area (Å²) in [6, 6.07) is -0.710. The lowest BCUT2D eigenvalue weighted by atomic mass is 10.0. The third kappa shape index (κ3) is 3.10. The summed E-state index contributed by atoms with van der Waals surface area (Å²) in [5.41, 5.74) is -3.96. The first-order chi connectivity index (χ1) is 9.19. The average Bonchev–Trinajstić information content (AvgIpc) is 2.24. The van der Waals surface area contributed by atoms with Gasteiger partial charge in [-0.2, -0.15) is 22.0 Å². The van der Waals surface area contributed by atoms with E-state index in [2.05, 4.69) is 5.14 Å². The molecule has 0 saturated heterocycles. The zero-order valence-corrected chi connectivity index (χ0v) is 10.4. The molecule has 0 aliphatic rings. The fourth-order valence-electron chi connectivity index (χ4n) is 1.36. The quantitative estimate of drug-likeness (QED) is 0.822. The minimum absolute atomic E-state index is 0.192. The average molecular weight is 337 g/mol. The fourth-order valence-corrected chi connectivity index (χ4v) is 1.97. The zero-order chi connectivity index (χ0) is 16.8. The van der Waals surface area contributed by atoms with Crippen molar-refractivity contribution in [3.05, 3.63) is 29.1 Å². The molecule has 118 valence electrons. The highest BCUT2D eigenvalue weighted by atomic mass is 32.2. The van der Waals surface area contributed by atoms with Gasteiger partial charge in [0.1, 0.15) is 10.7 Å². The van der Waals surface area contributed by atoms with Crippen LogP contribution in [0.25, 0.3) is 0 Å². The minimum Gasteiger partial charge on any atom is -0.478 e. The Hall–Kier alpha value is -1.82. The van der Waals surface area contributed by atoms with Crippen LogP contribution in [0.15, 0.2) is 17.0 Å². The van der Waals surface area contributed by atoms with E-state index >= 15 is 0 Å². The molecular weight excluding hydrogens is 332 g/mol. The van der Waals surface area contributed by atoms with E-state index in [1.807, 2.05) is 0 Å². The van der Waals surface area contributed by atoms with E-state index in [0.717, 1.165) is 0 Å². The lowest BCUT2D eigenvalue weighted by Gasteiger charge is -2.22. The SMILES string of the molecule is NS(=O)(=O)c1cc(C(=O)O)c(C(F)(F)C(F)(F)F)cc1F. The fraction of sp³-hybridized carbons (Fsp3) is 0.222. The highest BCUT2D eigenvalue weighted by molar-refractivity contribution is 7.89. The lowest BCUT2D eigenvalue weighted by Crippen LogP contribution is -2.35. The van der Waals surface area contributed by atoms with Crippen LogP contribution in [0, 0.1) is 5.82 Å². The molecule has 0 fully saturated rings. The van der Waals surface area contributed by atoms with Crippen molar-refractivity contribution < 1.29 is 44.7 Å². The van der Waals surface area contributed by atoms with Crippen LogP contribution < -0.4 is 5.14 Å². The number of aromatic carboxylic acids is 1. The number of hydrogen-bond donors (Lipinski definition) is 2. The number of rotatable bonds is 3. The number of hydrogen-bond acceptors (Lipinski definition) is 3. The van der Waals surface area contributed by atoms with Crippen molar-refractivity contribution in [1.82, 2.24) is 0 Å². The molecule has 1 aromatic rings. The van der Waals surface area contributed by atoms with Crippen LogP contribution in [-0.4, -0.2) is 25.7 Å². The van der Waals surface area contributed by atoms with E-state index in [1.165, 1.54) is 0 Å². The minimum atomic E-state index is -6.20. The van der Waals surface area contributed by atoms with Gasteiger partial charge in [-0.1, -0.05) is 0 Å². The van der Waals surface area contributed by atoms with E-state index in [1.54, 1.807) is 0 Å². The first-order valence-corrected chi connectivity index (χ1v) is 6.29. The van der Waals surface area contributed by atoms with Crippen molar-refractivity contribution in [3.63, 3.8) is 0 Å². The van der Waals surface area contributed by atoms with Gasteiger partial charge in [-0.25, -0.2) is 22.7 Å². The normalized spacial score (nSPS) is 13.3. The summed E-state index contributed by atoms with van der Waals surface area (Å²) in [6.07, 6.45) is -6.20. The van der Waals surface area contributed by atoms with E-state index in [4.69, 9.17) is 5.11 Å². The highest BCUT2D eigenvalue weighted by Gasteiger charge is 2.60. The van der Waals surface area contributed by atoms with Crippen LogP contribution in [0.4, 0.5) is 26.3 Å². The molecule has 0 heterocycles. The first kappa shape index (κ1) is 17.2. The van der Waals surface area contributed by atoms with Gasteiger partial charge in [0.25, 0.3) is 0 Å². The van der Waals surface area contributed by atoms with Gasteiger partial charge in [0.05, 0.1) is 5.56 Å². The molecule has 1 aromatic carbocycles. The summed E-state index contributed by atoms with van der Waals surface area (Å²) >= 11 is 0. The highest BCUT2D eigenvalue weighted by Crippen LogP contribution is 2.45. The number of sulfonamides is 1. The Morgan fingerprint density at radius 3 is 1.95 bits per heavy atom. The number of nitrogens with two attached hydrogens (primary N) is 1. The number of halogens is 6. The monoisotopic (exact) mass is 337 g/mol. The van der Waals surface area contributed by atoms with Gasteiger partial charge < -0.3 is 5.11 Å². The third-order valence-electron chi connectivity index (χ3n) is 2.30. The van der Waals surface area contributed by atoms with Gasteiger partial charge in [0.2, 0.25) is 10.0 Å². The topological polar surface area (TPSA) is 97.5 Å². The standard InChI is InChI=1S/C9H5F6NO4S/c10-5-2-4(8(11,12)9(13,14)15)3(7(17)18)1-6(5)21(16,19)20/h1-2H,(H,17,18)(H2,16,19,20). The molecule has 0 aliphatic carbocycles. The molecular formula is C9H5F6NO4S. The summed E-state index contributed by atoms with van der Waals surface area (Å²) in [7, 11) is -4.85. The summed E-state index contributed by atoms with van der Waals surface area (Å²) in [5.74, 6) is -10.0. The maximum Gasteiger partial charge on any atom is 0.458 e. The molecule has 0 aromatic heterocycles. The number of carbonyl (C=O) groups is 1. The molecule has 0 spiro atoms. The summed E-state index contributed by atoms with van der Waals surface area (Å²) < 4.78 is 98.2. The molecule has 21 heavy (non-hydrogen) atoms. The molecule has 0 unspecified atom stereocenters. The van der Waals surface area contributed by atoms with E-state index in [0.29, 0.717) is 0 Å². The Kier molecular flexibility index (Phi) is 4.00. The van der Waals surface area contributed by atoms with Gasteiger partial charge in [0.15, 0.2) is 0 Å². The Morgan fingerprint density at radius 2 is 1.62 bits per heavy atom. The molecule has 12 heteroatoms. The number of alkyl halides is 5. The van der Waals surface area contributed by atoms with Crippen LogP contribution in [-0.2, 0) is 15.9 Å². The maximum absolute atomic E-state index is 13.4. The second-order valence-electron chi connectivity index (χ2n) is 3.75. The number of carboxylic acids is 1. The maximum atomic E-state index is 13.4. The van der Waals surface area contributed by atoms with Crippen molar-refractivity contribution >= 4 is 16.0 Å². The zero-order valence-electron chi connectivity index (χ0n) is 9.58. The molecule has 0 radical (unpaired) electrons. The smallest absolute Gasteiger partial charge is 0.458 e. The summed E-state index contributed by atoms with van der Waals surface area (Å²) in [6.45, 7) is 0. The molecule has 5 nitrogen and oxygen atoms in total. The van der Waals surface area contributed by atoms with Crippen LogP contribution in [0.3, 0.4) is 0 Å². The Morgan fingerprint density at radius 1 is 1.14 bits per heavy atom. The van der Waals surface area contributed by atoms with Gasteiger partial charge >= 0.3 is 18.1 Å². The van der Waals surface area contributed by atoms with Crippen molar-refractivity contribution in [2.24, 2.45) is 5.14 Å². The second kappa shape index (κ2) is 4.87. The van der Waals surface area contributed by atoms with Crippen LogP contribution in [0.2, 0.25) is 0 Å². The van der Waals surface area contributed by atoms with Gasteiger partial charge in [-0.05, 0) is 12.1 Å². The van der Waals surface area contributed by atoms with Crippen LogP contribution in [0.1, 0.15) is 15.9 Å². The van der Waals surface area contributed by atoms with Gasteiger partial charge in [-0.15, -0.1) is 0 Å². The van der Waals surface area contributed by atoms with Crippen LogP contribution in [0.5, 0.6) is 0 Å². The van der Waals surface area contributed by atoms with Crippen molar-refractivity contribution in [1.29, 1.82) is 0 Å². The molecule has 0 bridgehead atoms. The molecule has 0 aliphatic heterocycles. The van der Waals surface area contributed by atoms with E-state index in [-0.39, 0.29) is 6.07 Å². The summed E-state index contributed by atoms with van der Waals surface area (Å²) in [5, 5.41) is 13.1. The Balaban J connectivity index is 3.79. The molecule has 1 rings (SSSR count). The van der Waals surface area contributed by atoms with Gasteiger partial charge in [-0.3, -0.25) is 0 Å². The third-order valence-corrected chi connectivity index (χ3v) is 3.23. The predicted octanol–water partition coefficient (Wildman–Crippen LogP) is 1.83. The van der Waals surface area contributed by atoms with Crippen molar-refractivity contribution in [2.45, 2.75) is 17.0 Å². The van der Waals surface area contributed by atoms with Crippen LogP contribution >= 0.6 is 0 Å². The Labute approximate surface area is 113 Å². The Bertz CT molecular complexity index is 697. The van der Waals surface area contributed by atoms with Gasteiger partial charge in [0, 0.05) is 5.56 Å².